The van der Waals surface area contributed by atoms with Gasteiger partial charge in [0.15, 0.2) is 6.35 Å². The van der Waals surface area contributed by atoms with Crippen molar-refractivity contribution < 1.29 is 29.1 Å². The number of rotatable bonds is 13. The summed E-state index contributed by atoms with van der Waals surface area (Å²) in [5.41, 5.74) is -2.36. The lowest BCUT2D eigenvalue weighted by atomic mass is 9.73. The number of piperidine rings is 1. The Morgan fingerprint density at radius 2 is 1.55 bits per heavy atom. The minimum absolute atomic E-state index is 0.0316. The van der Waals surface area contributed by atoms with E-state index in [1.165, 1.54) is 0 Å². The highest BCUT2D eigenvalue weighted by atomic mass is 16.3. The van der Waals surface area contributed by atoms with Crippen LogP contribution in [-0.2, 0) is 24.0 Å². The van der Waals surface area contributed by atoms with E-state index < -0.39 is 47.2 Å². The Hall–Kier alpha value is -3.03. The van der Waals surface area contributed by atoms with Crippen molar-refractivity contribution in [3.63, 3.8) is 0 Å². The Kier molecular flexibility index (Phi) is 11.9. The summed E-state index contributed by atoms with van der Waals surface area (Å²) in [6.07, 6.45) is 11.9. The molecule has 6 rings (SSSR count). The molecule has 2 heterocycles. The van der Waals surface area contributed by atoms with Crippen LogP contribution in [0.3, 0.4) is 0 Å². The van der Waals surface area contributed by atoms with Crippen LogP contribution in [0.5, 0.6) is 0 Å². The lowest BCUT2D eigenvalue weighted by Gasteiger charge is -2.38. The Bertz CT molecular complexity index is 1550. The van der Waals surface area contributed by atoms with Crippen LogP contribution in [0.4, 0.5) is 0 Å². The van der Waals surface area contributed by atoms with Crippen molar-refractivity contribution in [1.82, 2.24) is 36.0 Å². The topological polar surface area (TPSA) is 163 Å². The number of fused-ring (bicyclic) bond motifs is 1. The van der Waals surface area contributed by atoms with Crippen molar-refractivity contribution in [3.8, 4) is 0 Å². The van der Waals surface area contributed by atoms with Crippen molar-refractivity contribution in [2.24, 2.45) is 33.5 Å². The van der Waals surface area contributed by atoms with Crippen molar-refractivity contribution in [1.29, 1.82) is 0 Å². The van der Waals surface area contributed by atoms with Crippen molar-refractivity contribution in [2.75, 3.05) is 33.7 Å². The van der Waals surface area contributed by atoms with E-state index in [-0.39, 0.29) is 51.8 Å². The molecular weight excluding hydrogens is 711 g/mol. The van der Waals surface area contributed by atoms with Crippen LogP contribution < -0.4 is 21.3 Å². The van der Waals surface area contributed by atoms with Gasteiger partial charge in [0.1, 0.15) is 23.7 Å². The first-order chi connectivity index (χ1) is 26.3. The average molecular weight is 782 g/mol. The monoisotopic (exact) mass is 782 g/mol. The van der Waals surface area contributed by atoms with Gasteiger partial charge < -0.3 is 31.3 Å². The second-order valence-electron chi connectivity index (χ2n) is 19.9. The highest BCUT2D eigenvalue weighted by Gasteiger charge is 2.85. The van der Waals surface area contributed by atoms with Crippen LogP contribution >= 0.6 is 0 Å². The number of likely N-dealkylation sites (tertiary alicyclic amines) is 2. The first-order valence-corrected chi connectivity index (χ1v) is 21.6. The van der Waals surface area contributed by atoms with Gasteiger partial charge in [0, 0.05) is 17.9 Å². The van der Waals surface area contributed by atoms with Crippen LogP contribution in [0.1, 0.15) is 125 Å². The molecule has 2 spiro atoms. The first-order valence-electron chi connectivity index (χ1n) is 21.6. The molecule has 8 atom stereocenters. The number of amides is 5. The smallest absolute Gasteiger partial charge is 0.249 e. The van der Waals surface area contributed by atoms with Crippen LogP contribution in [0, 0.1) is 33.5 Å². The first kappa shape index (κ1) is 42.6. The number of hydrogen-bond acceptors (Lipinski definition) is 8. The zero-order valence-electron chi connectivity index (χ0n) is 35.5. The average Bonchev–Trinajstić information content (AvgIpc) is 3.87. The van der Waals surface area contributed by atoms with Gasteiger partial charge in [-0.15, -0.1) is 6.58 Å². The van der Waals surface area contributed by atoms with Gasteiger partial charge in [-0.05, 0) is 101 Å². The van der Waals surface area contributed by atoms with E-state index in [4.69, 9.17) is 0 Å². The lowest BCUT2D eigenvalue weighted by Crippen LogP contribution is -2.63. The molecule has 5 N–H and O–H groups in total. The summed E-state index contributed by atoms with van der Waals surface area (Å²) in [4.78, 5) is 77.3. The lowest BCUT2D eigenvalue weighted by molar-refractivity contribution is -0.145. The molecule has 314 valence electrons. The van der Waals surface area contributed by atoms with Crippen molar-refractivity contribution in [2.45, 2.75) is 161 Å². The van der Waals surface area contributed by atoms with Gasteiger partial charge in [0.2, 0.25) is 29.5 Å². The van der Waals surface area contributed by atoms with Gasteiger partial charge in [-0.25, -0.2) is 0 Å². The third kappa shape index (κ3) is 7.20. The maximum atomic E-state index is 15.2. The van der Waals surface area contributed by atoms with E-state index in [0.29, 0.717) is 25.9 Å². The number of likely N-dealkylation sites (N-methyl/N-ethyl adjacent to an activating group) is 1. The van der Waals surface area contributed by atoms with Gasteiger partial charge in [-0.3, -0.25) is 33.8 Å². The zero-order chi connectivity index (χ0) is 41.0. The maximum absolute atomic E-state index is 15.2. The van der Waals surface area contributed by atoms with E-state index in [2.05, 4.69) is 46.6 Å². The van der Waals surface area contributed by atoms with E-state index in [9.17, 15) is 24.3 Å². The van der Waals surface area contributed by atoms with Crippen molar-refractivity contribution in [3.05, 3.63) is 12.7 Å². The van der Waals surface area contributed by atoms with Crippen LogP contribution in [0.25, 0.3) is 0 Å². The Balaban J connectivity index is 1.27. The minimum Gasteiger partial charge on any atom is -0.361 e. The Morgan fingerprint density at radius 1 is 0.893 bits per heavy atom. The molecule has 4 saturated carbocycles. The van der Waals surface area contributed by atoms with Crippen molar-refractivity contribution >= 4 is 29.5 Å². The highest BCUT2D eigenvalue weighted by molar-refractivity contribution is 5.99. The summed E-state index contributed by atoms with van der Waals surface area (Å²) in [7, 11) is 3.65. The molecule has 0 radical (unpaired) electrons. The molecule has 6 fully saturated rings. The van der Waals surface area contributed by atoms with Gasteiger partial charge >= 0.3 is 0 Å². The molecule has 4 aliphatic carbocycles. The molecule has 0 aromatic rings. The molecule has 0 aromatic carbocycles. The molecular formula is C43H71N7O6. The van der Waals surface area contributed by atoms with E-state index >= 15 is 4.79 Å². The van der Waals surface area contributed by atoms with E-state index in [1.54, 1.807) is 22.9 Å². The number of hydrogen-bond donors (Lipinski definition) is 5. The molecule has 2 saturated heterocycles. The standard InChI is InChI=1S/C43H71N7O6/c1-10-28-24-43(28,37(55)46-38(56)48(8)11-2)47-34(52)30-25-42(40(6,7)41(42)21-17-22-41)26-50(30)36(54)32(39(3,4)5)45-35(53)31(27-18-13-12-14-19-27)44-33(51)29-20-15-16-23-49(29)9/h10,27-32,38,56H,1,11-26H2,2-9H3,(H,44,51)(H,45,53)(H,46,55)(H,47,52)/t28-,29+,30+,31+,32-,38?,42-,43-/m1/s1. The largest absolute Gasteiger partial charge is 0.361 e. The fraction of sp³-hybridized carbons (Fsp3) is 0.837. The molecule has 6 aliphatic rings. The molecule has 2 aliphatic heterocycles. The SMILES string of the molecule is C=C[C@@H]1C[C@]1(NC(=O)[C@@H]1C[C@@]2(CN1C(=O)[C@@H](NC(=O)[C@@H](NC(=O)[C@@H]1CCCCN1C)C1CCCCC1)C(C)(C)C)C(C)(C)C21CCC1)C(=O)NC(O)N(C)CC. The van der Waals surface area contributed by atoms with Gasteiger partial charge in [0.05, 0.1) is 6.04 Å². The Labute approximate surface area is 334 Å². The second kappa shape index (κ2) is 15.6. The summed E-state index contributed by atoms with van der Waals surface area (Å²) < 4.78 is 0. The molecule has 0 aromatic heterocycles. The van der Waals surface area contributed by atoms with Gasteiger partial charge in [-0.1, -0.05) is 79.7 Å². The van der Waals surface area contributed by atoms with E-state index in [0.717, 1.165) is 77.2 Å². The molecule has 56 heavy (non-hydrogen) atoms. The third-order valence-corrected chi connectivity index (χ3v) is 15.8. The third-order valence-electron chi connectivity index (χ3n) is 15.8. The fourth-order valence-electron chi connectivity index (χ4n) is 11.5. The molecule has 1 unspecified atom stereocenters. The Morgan fingerprint density at radius 3 is 2.09 bits per heavy atom. The predicted octanol–water partition coefficient (Wildman–Crippen LogP) is 3.27. The van der Waals surface area contributed by atoms with Crippen LogP contribution in [-0.4, -0.2) is 119 Å². The maximum Gasteiger partial charge on any atom is 0.249 e. The normalized spacial score (nSPS) is 32.5. The molecule has 5 amide bonds. The number of carbonyl (C=O) groups excluding carboxylic acids is 5. The van der Waals surface area contributed by atoms with Gasteiger partial charge in [-0.2, -0.15) is 0 Å². The second-order valence-corrected chi connectivity index (χ2v) is 19.9. The summed E-state index contributed by atoms with van der Waals surface area (Å²) in [5.74, 6) is -2.09. The highest BCUT2D eigenvalue weighted by Crippen LogP contribution is 2.88. The summed E-state index contributed by atoms with van der Waals surface area (Å²) in [6.45, 7) is 17.8. The predicted molar refractivity (Wildman–Crippen MR) is 214 cm³/mol. The van der Waals surface area contributed by atoms with Gasteiger partial charge in [0.25, 0.3) is 0 Å². The quantitative estimate of drug-likeness (QED) is 0.141. The summed E-state index contributed by atoms with van der Waals surface area (Å²) in [6, 6.07) is -2.90. The number of nitrogens with zero attached hydrogens (tertiary/aromatic N) is 3. The number of aliphatic hydroxyl groups is 1. The van der Waals surface area contributed by atoms with Crippen LogP contribution in [0.2, 0.25) is 0 Å². The summed E-state index contributed by atoms with van der Waals surface area (Å²) >= 11 is 0. The number of carbonyl (C=O) groups is 5. The minimum atomic E-state index is -1.29. The number of aliphatic hydroxyl groups excluding tert-OH is 1. The van der Waals surface area contributed by atoms with E-state index in [1.807, 2.05) is 34.7 Å². The molecule has 0 bridgehead atoms. The fourth-order valence-corrected chi connectivity index (χ4v) is 11.5. The molecule has 13 heteroatoms. The van der Waals surface area contributed by atoms with Crippen LogP contribution in [0.15, 0.2) is 12.7 Å². The molecule has 13 nitrogen and oxygen atoms in total. The number of nitrogens with one attached hydrogen (secondary N) is 4. The summed E-state index contributed by atoms with van der Waals surface area (Å²) in [5, 5.41) is 22.7. The zero-order valence-corrected chi connectivity index (χ0v) is 35.5.